The number of nitrogens with zero attached hydrogens (tertiary/aromatic N) is 2. The van der Waals surface area contributed by atoms with Crippen LogP contribution in [0.1, 0.15) is 27.9 Å². The molecule has 0 saturated heterocycles. The summed E-state index contributed by atoms with van der Waals surface area (Å²) in [6.45, 7) is 6.20. The summed E-state index contributed by atoms with van der Waals surface area (Å²) < 4.78 is 5.95. The van der Waals surface area contributed by atoms with Gasteiger partial charge in [-0.3, -0.25) is 9.78 Å². The number of aromatic nitrogens is 1. The lowest BCUT2D eigenvalue weighted by Crippen LogP contribution is -2.13. The van der Waals surface area contributed by atoms with Crippen molar-refractivity contribution in [3.8, 4) is 11.8 Å². The number of hydrogen-bond donors (Lipinski definition) is 1. The molecular weight excluding hydrogens is 374 g/mol. The molecule has 0 radical (unpaired) electrons. The number of rotatable bonds is 6. The van der Waals surface area contributed by atoms with Crippen LogP contribution in [0.4, 0.5) is 5.69 Å². The molecule has 30 heavy (non-hydrogen) atoms. The zero-order valence-electron chi connectivity index (χ0n) is 17.3. The van der Waals surface area contributed by atoms with Gasteiger partial charge in [-0.25, -0.2) is 0 Å². The Hall–Kier alpha value is -3.91. The first-order valence-corrected chi connectivity index (χ1v) is 9.60. The van der Waals surface area contributed by atoms with Gasteiger partial charge in [0.2, 0.25) is 0 Å². The molecule has 5 heteroatoms. The normalized spacial score (nSPS) is 10.9. The lowest BCUT2D eigenvalue weighted by molar-refractivity contribution is -0.112. The van der Waals surface area contributed by atoms with E-state index in [2.05, 4.69) is 10.3 Å². The van der Waals surface area contributed by atoms with Crippen LogP contribution in [-0.4, -0.2) is 10.9 Å². The van der Waals surface area contributed by atoms with Crippen molar-refractivity contribution >= 4 is 17.7 Å². The average Bonchev–Trinajstić information content (AvgIpc) is 2.72. The van der Waals surface area contributed by atoms with E-state index in [1.165, 1.54) is 0 Å². The lowest BCUT2D eigenvalue weighted by atomic mass is 10.0. The van der Waals surface area contributed by atoms with Crippen LogP contribution in [0.2, 0.25) is 0 Å². The van der Waals surface area contributed by atoms with Gasteiger partial charge in [-0.05, 0) is 85.5 Å². The molecule has 3 rings (SSSR count). The highest BCUT2D eigenvalue weighted by atomic mass is 16.5. The van der Waals surface area contributed by atoms with Crippen LogP contribution >= 0.6 is 0 Å². The Labute approximate surface area is 176 Å². The van der Waals surface area contributed by atoms with E-state index in [0.29, 0.717) is 12.3 Å². The highest BCUT2D eigenvalue weighted by Gasteiger charge is 2.12. The summed E-state index contributed by atoms with van der Waals surface area (Å²) in [5.41, 5.74) is 5.19. The maximum absolute atomic E-state index is 12.5. The van der Waals surface area contributed by atoms with Gasteiger partial charge in [0.05, 0.1) is 5.69 Å². The summed E-state index contributed by atoms with van der Waals surface area (Å²) in [6, 6.07) is 18.9. The minimum atomic E-state index is -0.436. The van der Waals surface area contributed by atoms with Crippen molar-refractivity contribution in [1.29, 1.82) is 5.26 Å². The van der Waals surface area contributed by atoms with E-state index in [-0.39, 0.29) is 5.57 Å². The number of carbonyl (C=O) groups excluding carboxylic acids is 1. The Morgan fingerprint density at radius 3 is 2.50 bits per heavy atom. The molecule has 0 spiro atoms. The summed E-state index contributed by atoms with van der Waals surface area (Å²) in [5, 5.41) is 12.3. The topological polar surface area (TPSA) is 75.0 Å². The molecule has 0 atom stereocenters. The predicted molar refractivity (Wildman–Crippen MR) is 118 cm³/mol. The van der Waals surface area contributed by atoms with Gasteiger partial charge in [0.1, 0.15) is 24.0 Å². The molecule has 0 unspecified atom stereocenters. The molecule has 0 aliphatic carbocycles. The third kappa shape index (κ3) is 5.33. The quantitative estimate of drug-likeness (QED) is 0.462. The maximum atomic E-state index is 12.5. The fourth-order valence-corrected chi connectivity index (χ4v) is 3.16. The Morgan fingerprint density at radius 2 is 1.87 bits per heavy atom. The molecule has 0 saturated carbocycles. The van der Waals surface area contributed by atoms with Crippen LogP contribution in [0.15, 0.2) is 66.4 Å². The lowest BCUT2D eigenvalue weighted by Gasteiger charge is -2.13. The molecule has 150 valence electrons. The first kappa shape index (κ1) is 20.8. The third-order valence-corrected chi connectivity index (χ3v) is 4.53. The largest absolute Gasteiger partial charge is 0.487 e. The number of nitriles is 1. The van der Waals surface area contributed by atoms with Crippen molar-refractivity contribution in [3.05, 3.63) is 94.3 Å². The molecule has 0 aliphatic heterocycles. The van der Waals surface area contributed by atoms with E-state index in [1.807, 2.05) is 75.4 Å². The molecular formula is C25H23N3O2. The number of carbonyl (C=O) groups is 1. The molecule has 1 amide bonds. The smallest absolute Gasteiger partial charge is 0.266 e. The summed E-state index contributed by atoms with van der Waals surface area (Å²) in [4.78, 5) is 16.8. The SMILES string of the molecule is Cc1cccc(NC(=O)/C(C#N)=C/c2cc(C)c(OCc3ccccn3)c(C)c2)c1. The summed E-state index contributed by atoms with van der Waals surface area (Å²) in [5.74, 6) is 0.342. The molecule has 2 aromatic carbocycles. The van der Waals surface area contributed by atoms with Crippen molar-refractivity contribution in [2.24, 2.45) is 0 Å². The number of ether oxygens (including phenoxy) is 1. The fraction of sp³-hybridized carbons (Fsp3) is 0.160. The number of benzene rings is 2. The second-order valence-corrected chi connectivity index (χ2v) is 7.09. The van der Waals surface area contributed by atoms with E-state index in [0.717, 1.165) is 33.7 Å². The van der Waals surface area contributed by atoms with Crippen LogP contribution in [0.25, 0.3) is 6.08 Å². The Kier molecular flexibility index (Phi) is 6.61. The van der Waals surface area contributed by atoms with Gasteiger partial charge in [0.15, 0.2) is 0 Å². The number of amides is 1. The monoisotopic (exact) mass is 397 g/mol. The number of aryl methyl sites for hydroxylation is 3. The third-order valence-electron chi connectivity index (χ3n) is 4.53. The van der Waals surface area contributed by atoms with E-state index in [4.69, 9.17) is 4.74 Å². The van der Waals surface area contributed by atoms with E-state index in [9.17, 15) is 10.1 Å². The van der Waals surface area contributed by atoms with Gasteiger partial charge in [0.25, 0.3) is 5.91 Å². The fourth-order valence-electron chi connectivity index (χ4n) is 3.16. The van der Waals surface area contributed by atoms with Crippen LogP contribution in [0, 0.1) is 32.1 Å². The standard InChI is InChI=1S/C25H23N3O2/c1-17-7-6-9-22(11-17)28-25(29)21(15-26)14-20-12-18(2)24(19(3)13-20)30-16-23-8-4-5-10-27-23/h4-14H,16H2,1-3H3,(H,28,29)/b21-14+. The van der Waals surface area contributed by atoms with Gasteiger partial charge >= 0.3 is 0 Å². The van der Waals surface area contributed by atoms with Crippen LogP contribution in [0.5, 0.6) is 5.75 Å². The van der Waals surface area contributed by atoms with Crippen molar-refractivity contribution in [2.75, 3.05) is 5.32 Å². The van der Waals surface area contributed by atoms with Crippen molar-refractivity contribution in [3.63, 3.8) is 0 Å². The van der Waals surface area contributed by atoms with Crippen LogP contribution in [0.3, 0.4) is 0 Å². The van der Waals surface area contributed by atoms with Crippen LogP contribution in [-0.2, 0) is 11.4 Å². The summed E-state index contributed by atoms with van der Waals surface area (Å²) >= 11 is 0. The zero-order valence-corrected chi connectivity index (χ0v) is 17.3. The Morgan fingerprint density at radius 1 is 1.10 bits per heavy atom. The molecule has 1 aromatic heterocycles. The minimum Gasteiger partial charge on any atom is -0.487 e. The first-order valence-electron chi connectivity index (χ1n) is 9.60. The molecule has 1 N–H and O–H groups in total. The maximum Gasteiger partial charge on any atom is 0.266 e. The average molecular weight is 397 g/mol. The van der Waals surface area contributed by atoms with Crippen molar-refractivity contribution < 1.29 is 9.53 Å². The van der Waals surface area contributed by atoms with Gasteiger partial charge in [-0.1, -0.05) is 18.2 Å². The number of nitrogens with one attached hydrogen (secondary N) is 1. The summed E-state index contributed by atoms with van der Waals surface area (Å²) in [6.07, 6.45) is 3.32. The van der Waals surface area contributed by atoms with Gasteiger partial charge in [-0.15, -0.1) is 0 Å². The molecule has 5 nitrogen and oxygen atoms in total. The molecule has 0 bridgehead atoms. The number of hydrogen-bond acceptors (Lipinski definition) is 4. The number of pyridine rings is 1. The molecule has 0 fully saturated rings. The predicted octanol–water partition coefficient (Wildman–Crippen LogP) is 5.13. The van der Waals surface area contributed by atoms with E-state index in [1.54, 1.807) is 18.3 Å². The van der Waals surface area contributed by atoms with Crippen LogP contribution < -0.4 is 10.1 Å². The van der Waals surface area contributed by atoms with Gasteiger partial charge in [-0.2, -0.15) is 5.26 Å². The van der Waals surface area contributed by atoms with E-state index < -0.39 is 5.91 Å². The molecule has 3 aromatic rings. The van der Waals surface area contributed by atoms with Crippen molar-refractivity contribution in [2.45, 2.75) is 27.4 Å². The first-order chi connectivity index (χ1) is 14.5. The number of anilines is 1. The van der Waals surface area contributed by atoms with Gasteiger partial charge < -0.3 is 10.1 Å². The molecule has 0 aliphatic rings. The zero-order chi connectivity index (χ0) is 21.5. The highest BCUT2D eigenvalue weighted by Crippen LogP contribution is 2.27. The second-order valence-electron chi connectivity index (χ2n) is 7.09. The second kappa shape index (κ2) is 9.53. The summed E-state index contributed by atoms with van der Waals surface area (Å²) in [7, 11) is 0. The van der Waals surface area contributed by atoms with E-state index >= 15 is 0 Å². The molecule has 1 heterocycles. The minimum absolute atomic E-state index is 0.0393. The van der Waals surface area contributed by atoms with Crippen molar-refractivity contribution in [1.82, 2.24) is 4.98 Å². The Balaban J connectivity index is 1.77. The Bertz CT molecular complexity index is 1110. The highest BCUT2D eigenvalue weighted by molar-refractivity contribution is 6.09. The van der Waals surface area contributed by atoms with Gasteiger partial charge in [0, 0.05) is 11.9 Å².